The molecule has 0 aliphatic rings. The highest BCUT2D eigenvalue weighted by molar-refractivity contribution is 5.73. The van der Waals surface area contributed by atoms with Gasteiger partial charge in [0.25, 0.3) is 0 Å². The molecule has 0 saturated carbocycles. The number of methoxy groups -OCH3 is 1. The van der Waals surface area contributed by atoms with Crippen molar-refractivity contribution in [2.24, 2.45) is 5.92 Å². The van der Waals surface area contributed by atoms with E-state index in [-0.39, 0.29) is 5.97 Å². The molecule has 2 unspecified atom stereocenters. The second-order valence-electron chi connectivity index (χ2n) is 4.81. The second-order valence-corrected chi connectivity index (χ2v) is 4.81. The van der Waals surface area contributed by atoms with Gasteiger partial charge < -0.3 is 9.84 Å². The van der Waals surface area contributed by atoms with Gasteiger partial charge in [0.2, 0.25) is 0 Å². The Bertz CT molecular complexity index is 383. The van der Waals surface area contributed by atoms with E-state index in [0.29, 0.717) is 6.42 Å². The highest BCUT2D eigenvalue weighted by atomic mass is 16.5. The van der Waals surface area contributed by atoms with Crippen LogP contribution in [0.25, 0.3) is 0 Å². The molecule has 0 radical (unpaired) electrons. The Morgan fingerprint density at radius 1 is 1.26 bits per heavy atom. The van der Waals surface area contributed by atoms with Gasteiger partial charge in [0.05, 0.1) is 19.1 Å². The van der Waals surface area contributed by atoms with E-state index in [2.05, 4.69) is 13.8 Å². The average molecular weight is 264 g/mol. The van der Waals surface area contributed by atoms with Crippen molar-refractivity contribution < 1.29 is 14.6 Å². The topological polar surface area (TPSA) is 46.5 Å². The molecule has 106 valence electrons. The third-order valence-electron chi connectivity index (χ3n) is 3.48. The molecule has 1 N–H and O–H groups in total. The number of aryl methyl sites for hydroxylation is 1. The summed E-state index contributed by atoms with van der Waals surface area (Å²) in [6.45, 7) is 4.15. The van der Waals surface area contributed by atoms with Gasteiger partial charge in [-0.05, 0) is 24.0 Å². The van der Waals surface area contributed by atoms with Crippen molar-refractivity contribution in [2.45, 2.75) is 45.6 Å². The Labute approximate surface area is 115 Å². The third kappa shape index (κ3) is 4.35. The van der Waals surface area contributed by atoms with Crippen LogP contribution in [-0.2, 0) is 16.0 Å². The number of aliphatic hydroxyl groups excluding tert-OH is 1. The van der Waals surface area contributed by atoms with Crippen LogP contribution in [0.2, 0.25) is 0 Å². The van der Waals surface area contributed by atoms with Crippen molar-refractivity contribution >= 4 is 5.97 Å². The summed E-state index contributed by atoms with van der Waals surface area (Å²) in [6.07, 6.45) is 2.73. The van der Waals surface area contributed by atoms with Gasteiger partial charge in [0.1, 0.15) is 0 Å². The molecular formula is C16H24O3. The molecule has 1 rings (SSSR count). The lowest BCUT2D eigenvalue weighted by Gasteiger charge is -2.21. The van der Waals surface area contributed by atoms with Crippen LogP contribution in [0.4, 0.5) is 0 Å². The van der Waals surface area contributed by atoms with Gasteiger partial charge in [0.15, 0.2) is 0 Å². The van der Waals surface area contributed by atoms with Gasteiger partial charge in [-0.1, -0.05) is 51.0 Å². The molecule has 0 aromatic heterocycles. The molecule has 3 heteroatoms. The predicted octanol–water partition coefficient (Wildman–Crippen LogP) is 3.26. The van der Waals surface area contributed by atoms with Crippen LogP contribution in [0.5, 0.6) is 0 Å². The summed E-state index contributed by atoms with van der Waals surface area (Å²) >= 11 is 0. The Morgan fingerprint density at radius 2 is 1.89 bits per heavy atom. The molecule has 0 spiro atoms. The number of esters is 1. The van der Waals surface area contributed by atoms with Crippen LogP contribution in [-0.4, -0.2) is 18.2 Å². The van der Waals surface area contributed by atoms with Gasteiger partial charge in [-0.2, -0.15) is 0 Å². The molecule has 1 aromatic rings. The highest BCUT2D eigenvalue weighted by Gasteiger charge is 2.28. The number of rotatable bonds is 7. The maximum absolute atomic E-state index is 11.8. The predicted molar refractivity (Wildman–Crippen MR) is 75.8 cm³/mol. The summed E-state index contributed by atoms with van der Waals surface area (Å²) in [5.74, 6) is -0.807. The molecule has 0 fully saturated rings. The molecule has 0 saturated heterocycles. The first-order valence-electron chi connectivity index (χ1n) is 6.98. The first kappa shape index (κ1) is 15.7. The van der Waals surface area contributed by atoms with Crippen molar-refractivity contribution in [3.8, 4) is 0 Å². The first-order valence-corrected chi connectivity index (χ1v) is 6.98. The zero-order valence-electron chi connectivity index (χ0n) is 12.1. The van der Waals surface area contributed by atoms with E-state index in [4.69, 9.17) is 4.74 Å². The summed E-state index contributed by atoms with van der Waals surface area (Å²) in [4.78, 5) is 11.8. The molecule has 19 heavy (non-hydrogen) atoms. The first-order chi connectivity index (χ1) is 9.13. The zero-order chi connectivity index (χ0) is 14.3. The van der Waals surface area contributed by atoms with Crippen molar-refractivity contribution in [3.05, 3.63) is 35.4 Å². The van der Waals surface area contributed by atoms with Gasteiger partial charge in [-0.15, -0.1) is 0 Å². The van der Waals surface area contributed by atoms with Crippen LogP contribution < -0.4 is 0 Å². The van der Waals surface area contributed by atoms with E-state index in [1.54, 1.807) is 0 Å². The maximum Gasteiger partial charge on any atom is 0.311 e. The average Bonchev–Trinajstić information content (AvgIpc) is 2.47. The van der Waals surface area contributed by atoms with E-state index >= 15 is 0 Å². The standard InChI is InChI=1S/C16H24O3/c1-4-6-7-14(16(18)19-3)15(17)13-10-8-12(5-2)9-11-13/h8-11,14-15,17H,4-7H2,1-3H3. The summed E-state index contributed by atoms with van der Waals surface area (Å²) < 4.78 is 4.80. The molecule has 3 nitrogen and oxygen atoms in total. The number of aliphatic hydroxyl groups is 1. The molecular weight excluding hydrogens is 240 g/mol. The Morgan fingerprint density at radius 3 is 2.37 bits per heavy atom. The number of carbonyl (C=O) groups is 1. The van der Waals surface area contributed by atoms with E-state index in [1.807, 2.05) is 24.3 Å². The van der Waals surface area contributed by atoms with E-state index < -0.39 is 12.0 Å². The maximum atomic E-state index is 11.8. The zero-order valence-corrected chi connectivity index (χ0v) is 12.1. The number of carbonyl (C=O) groups excluding carboxylic acids is 1. The summed E-state index contributed by atoms with van der Waals surface area (Å²) in [7, 11) is 1.37. The fourth-order valence-electron chi connectivity index (χ4n) is 2.16. The Hall–Kier alpha value is -1.35. The van der Waals surface area contributed by atoms with Crippen molar-refractivity contribution in [1.82, 2.24) is 0 Å². The largest absolute Gasteiger partial charge is 0.469 e. The fraction of sp³-hybridized carbons (Fsp3) is 0.562. The molecule has 0 heterocycles. The van der Waals surface area contributed by atoms with Crippen LogP contribution in [0.15, 0.2) is 24.3 Å². The van der Waals surface area contributed by atoms with Crippen LogP contribution >= 0.6 is 0 Å². The number of hydrogen-bond acceptors (Lipinski definition) is 3. The molecule has 1 aromatic carbocycles. The lowest BCUT2D eigenvalue weighted by molar-refractivity contribution is -0.150. The number of benzene rings is 1. The Kier molecular flexibility index (Phi) is 6.57. The summed E-state index contributed by atoms with van der Waals surface area (Å²) in [5.41, 5.74) is 2.00. The number of ether oxygens (including phenoxy) is 1. The minimum Gasteiger partial charge on any atom is -0.469 e. The van der Waals surface area contributed by atoms with Crippen molar-refractivity contribution in [1.29, 1.82) is 0 Å². The van der Waals surface area contributed by atoms with Crippen LogP contribution in [0.3, 0.4) is 0 Å². The summed E-state index contributed by atoms with van der Waals surface area (Å²) in [5, 5.41) is 10.4. The normalized spacial score (nSPS) is 13.9. The van der Waals surface area contributed by atoms with E-state index in [9.17, 15) is 9.90 Å². The van der Waals surface area contributed by atoms with E-state index in [0.717, 1.165) is 24.8 Å². The van der Waals surface area contributed by atoms with Crippen LogP contribution in [0.1, 0.15) is 50.3 Å². The number of hydrogen-bond donors (Lipinski definition) is 1. The monoisotopic (exact) mass is 264 g/mol. The quantitative estimate of drug-likeness (QED) is 0.769. The van der Waals surface area contributed by atoms with Crippen LogP contribution in [0, 0.1) is 5.92 Å². The van der Waals surface area contributed by atoms with Crippen molar-refractivity contribution in [3.63, 3.8) is 0 Å². The third-order valence-corrected chi connectivity index (χ3v) is 3.48. The lowest BCUT2D eigenvalue weighted by atomic mass is 9.90. The summed E-state index contributed by atoms with van der Waals surface area (Å²) in [6, 6.07) is 7.77. The fourth-order valence-corrected chi connectivity index (χ4v) is 2.16. The highest BCUT2D eigenvalue weighted by Crippen LogP contribution is 2.27. The molecule has 0 aliphatic carbocycles. The Balaban J connectivity index is 2.84. The van der Waals surface area contributed by atoms with Crippen molar-refractivity contribution in [2.75, 3.05) is 7.11 Å². The molecule has 0 amide bonds. The minimum absolute atomic E-state index is 0.333. The lowest BCUT2D eigenvalue weighted by Crippen LogP contribution is -2.23. The SMILES string of the molecule is CCCCC(C(=O)OC)C(O)c1ccc(CC)cc1. The minimum atomic E-state index is -0.787. The van der Waals surface area contributed by atoms with Gasteiger partial charge in [-0.25, -0.2) is 0 Å². The smallest absolute Gasteiger partial charge is 0.311 e. The molecule has 2 atom stereocenters. The van der Waals surface area contributed by atoms with Gasteiger partial charge in [0, 0.05) is 0 Å². The van der Waals surface area contributed by atoms with E-state index in [1.165, 1.54) is 12.7 Å². The molecule has 0 aliphatic heterocycles. The van der Waals surface area contributed by atoms with Gasteiger partial charge in [-0.3, -0.25) is 4.79 Å². The van der Waals surface area contributed by atoms with Gasteiger partial charge >= 0.3 is 5.97 Å². The molecule has 0 bridgehead atoms. The number of unbranched alkanes of at least 4 members (excludes halogenated alkanes) is 1. The second kappa shape index (κ2) is 7.95.